The first kappa shape index (κ1) is 13.6. The minimum absolute atomic E-state index is 1.28. The lowest BCUT2D eigenvalue weighted by Crippen LogP contribution is -1.85. The average molecular weight is 260 g/mol. The summed E-state index contributed by atoms with van der Waals surface area (Å²) in [5, 5.41) is 1.46. The van der Waals surface area contributed by atoms with Crippen LogP contribution in [0, 0.1) is 6.92 Å². The second-order valence-corrected chi connectivity index (χ2v) is 6.30. The van der Waals surface area contributed by atoms with Crippen LogP contribution < -0.4 is 0 Å². The summed E-state index contributed by atoms with van der Waals surface area (Å²) in [6, 6.07) is 8.80. The molecule has 0 saturated carbocycles. The Bertz CT molecular complexity index is 481. The third-order valence-corrected chi connectivity index (χ3v) is 5.03. The molecule has 1 aromatic heterocycles. The van der Waals surface area contributed by atoms with Crippen LogP contribution in [-0.4, -0.2) is 0 Å². The third kappa shape index (κ3) is 3.35. The fourth-order valence-electron chi connectivity index (χ4n) is 2.53. The fraction of sp³-hybridized carbons (Fsp3) is 0.529. The summed E-state index contributed by atoms with van der Waals surface area (Å²) in [5.41, 5.74) is 1.52. The molecule has 0 spiro atoms. The number of fused-ring (bicyclic) bond motifs is 1. The number of thiophene rings is 1. The highest BCUT2D eigenvalue weighted by molar-refractivity contribution is 7.19. The van der Waals surface area contributed by atoms with Gasteiger partial charge in [0.2, 0.25) is 0 Å². The number of benzene rings is 1. The van der Waals surface area contributed by atoms with Gasteiger partial charge in [0.25, 0.3) is 0 Å². The normalized spacial score (nSPS) is 11.2. The van der Waals surface area contributed by atoms with Gasteiger partial charge in [-0.3, -0.25) is 0 Å². The molecule has 0 saturated heterocycles. The van der Waals surface area contributed by atoms with E-state index in [9.17, 15) is 0 Å². The first-order valence-electron chi connectivity index (χ1n) is 7.30. The summed E-state index contributed by atoms with van der Waals surface area (Å²) in [5.74, 6) is 0. The average Bonchev–Trinajstić information content (AvgIpc) is 2.71. The Morgan fingerprint density at radius 2 is 1.67 bits per heavy atom. The highest BCUT2D eigenvalue weighted by atomic mass is 32.1. The summed E-state index contributed by atoms with van der Waals surface area (Å²) in [4.78, 5) is 1.60. The molecule has 0 radical (unpaired) electrons. The Labute approximate surface area is 115 Å². The van der Waals surface area contributed by atoms with E-state index in [-0.39, 0.29) is 0 Å². The molecule has 0 atom stereocenters. The van der Waals surface area contributed by atoms with Crippen LogP contribution in [0.3, 0.4) is 0 Å². The molecule has 0 nitrogen and oxygen atoms in total. The molecular formula is C17H24S. The molecule has 18 heavy (non-hydrogen) atoms. The second kappa shape index (κ2) is 6.94. The zero-order valence-electron chi connectivity index (χ0n) is 11.7. The van der Waals surface area contributed by atoms with Crippen LogP contribution in [0.1, 0.15) is 55.9 Å². The van der Waals surface area contributed by atoms with E-state index in [0.717, 1.165) is 0 Å². The smallest absolute Gasteiger partial charge is 0.0348 e. The van der Waals surface area contributed by atoms with Crippen molar-refractivity contribution in [1.29, 1.82) is 0 Å². The summed E-state index contributed by atoms with van der Waals surface area (Å²) >= 11 is 1.99. The van der Waals surface area contributed by atoms with Gasteiger partial charge in [0.05, 0.1) is 0 Å². The molecule has 0 N–H and O–H groups in total. The van der Waals surface area contributed by atoms with E-state index in [0.29, 0.717) is 0 Å². The lowest BCUT2D eigenvalue weighted by Gasteiger charge is -2.01. The molecule has 1 heteroatoms. The Balaban J connectivity index is 1.86. The van der Waals surface area contributed by atoms with E-state index in [1.165, 1.54) is 60.6 Å². The number of rotatable bonds is 7. The van der Waals surface area contributed by atoms with Gasteiger partial charge in [0.1, 0.15) is 0 Å². The molecule has 1 aromatic carbocycles. The fourth-order valence-corrected chi connectivity index (χ4v) is 3.78. The van der Waals surface area contributed by atoms with Crippen molar-refractivity contribution >= 4 is 21.4 Å². The number of hydrogen-bond donors (Lipinski definition) is 0. The summed E-state index contributed by atoms with van der Waals surface area (Å²) in [6.07, 6.45) is 9.61. The number of aryl methyl sites for hydroxylation is 2. The van der Waals surface area contributed by atoms with Crippen LogP contribution in [0.15, 0.2) is 24.3 Å². The van der Waals surface area contributed by atoms with Gasteiger partial charge >= 0.3 is 0 Å². The monoisotopic (exact) mass is 260 g/mol. The van der Waals surface area contributed by atoms with Crippen molar-refractivity contribution < 1.29 is 0 Å². The third-order valence-electron chi connectivity index (χ3n) is 3.70. The molecule has 0 aliphatic carbocycles. The maximum Gasteiger partial charge on any atom is 0.0348 e. The van der Waals surface area contributed by atoms with Gasteiger partial charge in [-0.15, -0.1) is 11.3 Å². The highest BCUT2D eigenvalue weighted by Gasteiger charge is 2.06. The standard InChI is InChI=1S/C17H24S/c1-3-4-5-6-7-8-12-16-14(2)15-11-9-10-13-17(15)18-16/h9-11,13H,3-8,12H2,1-2H3. The highest BCUT2D eigenvalue weighted by Crippen LogP contribution is 2.31. The van der Waals surface area contributed by atoms with Gasteiger partial charge in [0.15, 0.2) is 0 Å². The largest absolute Gasteiger partial charge is 0.140 e. The molecule has 0 aliphatic heterocycles. The Morgan fingerprint density at radius 1 is 0.944 bits per heavy atom. The molecule has 0 amide bonds. The molecule has 0 aliphatic rings. The Morgan fingerprint density at radius 3 is 2.44 bits per heavy atom. The molecule has 2 rings (SSSR count). The quantitative estimate of drug-likeness (QED) is 0.527. The van der Waals surface area contributed by atoms with Gasteiger partial charge in [-0.05, 0) is 36.8 Å². The Hall–Kier alpha value is -0.820. The topological polar surface area (TPSA) is 0 Å². The lowest BCUT2D eigenvalue weighted by atomic mass is 10.1. The first-order chi connectivity index (χ1) is 8.83. The van der Waals surface area contributed by atoms with Crippen LogP contribution in [0.5, 0.6) is 0 Å². The summed E-state index contributed by atoms with van der Waals surface area (Å²) in [6.45, 7) is 4.56. The lowest BCUT2D eigenvalue weighted by molar-refractivity contribution is 0.609. The Kier molecular flexibility index (Phi) is 5.25. The van der Waals surface area contributed by atoms with Crippen molar-refractivity contribution in [2.45, 2.75) is 58.8 Å². The van der Waals surface area contributed by atoms with Crippen molar-refractivity contribution in [3.05, 3.63) is 34.7 Å². The van der Waals surface area contributed by atoms with Crippen molar-refractivity contribution in [2.75, 3.05) is 0 Å². The van der Waals surface area contributed by atoms with Gasteiger partial charge in [-0.25, -0.2) is 0 Å². The van der Waals surface area contributed by atoms with E-state index in [1.54, 1.807) is 4.88 Å². The van der Waals surface area contributed by atoms with Gasteiger partial charge in [0, 0.05) is 9.58 Å². The van der Waals surface area contributed by atoms with Gasteiger partial charge in [-0.2, -0.15) is 0 Å². The summed E-state index contributed by atoms with van der Waals surface area (Å²) < 4.78 is 1.45. The van der Waals surface area contributed by atoms with Crippen molar-refractivity contribution in [3.8, 4) is 0 Å². The maximum atomic E-state index is 2.28. The minimum Gasteiger partial charge on any atom is -0.140 e. The second-order valence-electron chi connectivity index (χ2n) is 5.16. The molecule has 1 heterocycles. The van der Waals surface area contributed by atoms with Gasteiger partial charge in [-0.1, -0.05) is 57.2 Å². The van der Waals surface area contributed by atoms with Crippen LogP contribution in [0.2, 0.25) is 0 Å². The van der Waals surface area contributed by atoms with Crippen LogP contribution in [-0.2, 0) is 6.42 Å². The number of unbranched alkanes of at least 4 members (excludes halogenated alkanes) is 5. The summed E-state index contributed by atoms with van der Waals surface area (Å²) in [7, 11) is 0. The SMILES string of the molecule is CCCCCCCCc1sc2ccccc2c1C. The molecule has 2 aromatic rings. The zero-order chi connectivity index (χ0) is 12.8. The maximum absolute atomic E-state index is 2.28. The zero-order valence-corrected chi connectivity index (χ0v) is 12.5. The van der Waals surface area contributed by atoms with Crippen molar-refractivity contribution in [2.24, 2.45) is 0 Å². The first-order valence-corrected chi connectivity index (χ1v) is 8.11. The molecule has 98 valence electrons. The molecule has 0 fully saturated rings. The van der Waals surface area contributed by atoms with E-state index in [4.69, 9.17) is 0 Å². The predicted octanol–water partition coefficient (Wildman–Crippen LogP) is 6.11. The van der Waals surface area contributed by atoms with Gasteiger partial charge < -0.3 is 0 Å². The molecule has 0 unspecified atom stereocenters. The van der Waals surface area contributed by atoms with E-state index in [2.05, 4.69) is 38.1 Å². The molecule has 0 bridgehead atoms. The van der Waals surface area contributed by atoms with Crippen LogP contribution in [0.4, 0.5) is 0 Å². The van der Waals surface area contributed by atoms with Crippen molar-refractivity contribution in [1.82, 2.24) is 0 Å². The van der Waals surface area contributed by atoms with Crippen molar-refractivity contribution in [3.63, 3.8) is 0 Å². The predicted molar refractivity (Wildman–Crippen MR) is 83.6 cm³/mol. The minimum atomic E-state index is 1.28. The van der Waals surface area contributed by atoms with Crippen LogP contribution >= 0.6 is 11.3 Å². The number of hydrogen-bond acceptors (Lipinski definition) is 1. The van der Waals surface area contributed by atoms with E-state index >= 15 is 0 Å². The van der Waals surface area contributed by atoms with E-state index in [1.807, 2.05) is 11.3 Å². The van der Waals surface area contributed by atoms with E-state index < -0.39 is 0 Å². The van der Waals surface area contributed by atoms with Crippen LogP contribution in [0.25, 0.3) is 10.1 Å². The molecular weight excluding hydrogens is 236 g/mol.